The third-order valence-corrected chi connectivity index (χ3v) is 8.98. The number of methoxy groups -OCH3 is 1. The van der Waals surface area contributed by atoms with Crippen LogP contribution in [0.2, 0.25) is 0 Å². The second-order valence-electron chi connectivity index (χ2n) is 12.3. The van der Waals surface area contributed by atoms with E-state index in [1.807, 2.05) is 7.11 Å². The second kappa shape index (κ2) is 34.3. The topological polar surface area (TPSA) is 9.23 Å². The highest BCUT2D eigenvalue weighted by Gasteiger charge is 2.36. The summed E-state index contributed by atoms with van der Waals surface area (Å²) < 4.78 is 6.34. The SMILES string of the molecule is C=CCS.CCCCCCCCCCC(CCC)(CCCCCCCCCC)C(CCCCCCCC)OC. The van der Waals surface area contributed by atoms with E-state index in [2.05, 4.69) is 46.9 Å². The standard InChI is InChI=1S/C34H70O.C3H6S/c1-6-10-13-16-19-21-24-27-31-34(30-9-4,32-28-25-22-20-17-14-11-7-2)33(35-5)29-26-23-18-15-12-8-3;1-2-3-4/h33H,6-32H2,1-5H3;2,4H,1,3H2. The van der Waals surface area contributed by atoms with Crippen molar-refractivity contribution < 1.29 is 4.74 Å². The van der Waals surface area contributed by atoms with E-state index in [9.17, 15) is 0 Å². The number of hydrogen-bond acceptors (Lipinski definition) is 2. The minimum absolute atomic E-state index is 0.428. The summed E-state index contributed by atoms with van der Waals surface area (Å²) in [4.78, 5) is 0. The quantitative estimate of drug-likeness (QED) is 0.0515. The lowest BCUT2D eigenvalue weighted by Crippen LogP contribution is -2.37. The van der Waals surface area contributed by atoms with E-state index in [1.54, 1.807) is 6.08 Å². The zero-order valence-electron chi connectivity index (χ0n) is 28.0. The van der Waals surface area contributed by atoms with Gasteiger partial charge in [0.2, 0.25) is 0 Å². The van der Waals surface area contributed by atoms with E-state index in [4.69, 9.17) is 4.74 Å². The third-order valence-electron chi connectivity index (χ3n) is 8.72. The lowest BCUT2D eigenvalue weighted by atomic mass is 9.69. The molecule has 1 atom stereocenters. The van der Waals surface area contributed by atoms with Crippen molar-refractivity contribution in [3.8, 4) is 0 Å². The van der Waals surface area contributed by atoms with Gasteiger partial charge in [0.05, 0.1) is 6.10 Å². The van der Waals surface area contributed by atoms with Crippen LogP contribution in [0.3, 0.4) is 0 Å². The molecule has 0 aliphatic carbocycles. The van der Waals surface area contributed by atoms with Crippen LogP contribution in [-0.4, -0.2) is 19.0 Å². The molecule has 0 fully saturated rings. The molecule has 0 rings (SSSR count). The van der Waals surface area contributed by atoms with Crippen molar-refractivity contribution in [2.45, 2.75) is 207 Å². The molecule has 0 aliphatic rings. The lowest BCUT2D eigenvalue weighted by molar-refractivity contribution is -0.0389. The van der Waals surface area contributed by atoms with Crippen LogP contribution >= 0.6 is 12.6 Å². The molecule has 0 N–H and O–H groups in total. The van der Waals surface area contributed by atoms with Crippen molar-refractivity contribution in [1.82, 2.24) is 0 Å². The minimum Gasteiger partial charge on any atom is -0.381 e. The molecule has 0 saturated carbocycles. The first-order chi connectivity index (χ1) is 19.1. The van der Waals surface area contributed by atoms with Crippen LogP contribution in [0.5, 0.6) is 0 Å². The Kier molecular flexibility index (Phi) is 36.2. The Bertz CT molecular complexity index is 429. The summed E-state index contributed by atoms with van der Waals surface area (Å²) in [5.74, 6) is 0.778. The molecule has 39 heavy (non-hydrogen) atoms. The van der Waals surface area contributed by atoms with Gasteiger partial charge in [-0.2, -0.15) is 12.6 Å². The van der Waals surface area contributed by atoms with Crippen LogP contribution in [0.15, 0.2) is 12.7 Å². The smallest absolute Gasteiger partial charge is 0.0627 e. The molecule has 1 nitrogen and oxygen atoms in total. The van der Waals surface area contributed by atoms with Crippen molar-refractivity contribution in [2.24, 2.45) is 5.41 Å². The Morgan fingerprint density at radius 1 is 0.538 bits per heavy atom. The van der Waals surface area contributed by atoms with E-state index >= 15 is 0 Å². The summed E-state index contributed by atoms with van der Waals surface area (Å²) >= 11 is 3.80. The lowest BCUT2D eigenvalue weighted by Gasteiger charge is -2.41. The molecule has 0 spiro atoms. The first-order valence-electron chi connectivity index (χ1n) is 17.9. The van der Waals surface area contributed by atoms with Crippen molar-refractivity contribution in [3.63, 3.8) is 0 Å². The van der Waals surface area contributed by atoms with Gasteiger partial charge in [0, 0.05) is 12.9 Å². The molecule has 0 aromatic rings. The Labute approximate surface area is 254 Å². The normalized spacial score (nSPS) is 12.3. The summed E-state index contributed by atoms with van der Waals surface area (Å²) in [6.07, 6.45) is 40.2. The first-order valence-corrected chi connectivity index (χ1v) is 18.5. The average molecular weight is 569 g/mol. The highest BCUT2D eigenvalue weighted by Crippen LogP contribution is 2.43. The predicted octanol–water partition coefficient (Wildman–Crippen LogP) is 13.7. The monoisotopic (exact) mass is 569 g/mol. The molecule has 0 aromatic heterocycles. The molecule has 0 saturated heterocycles. The number of thiol groups is 1. The van der Waals surface area contributed by atoms with Gasteiger partial charge in [-0.05, 0) is 31.1 Å². The Hall–Kier alpha value is 0.0500. The maximum atomic E-state index is 6.34. The molecule has 0 radical (unpaired) electrons. The Morgan fingerprint density at radius 2 is 0.872 bits per heavy atom. The molecule has 2 heteroatoms. The highest BCUT2D eigenvalue weighted by atomic mass is 32.1. The number of unbranched alkanes of at least 4 members (excludes halogenated alkanes) is 19. The third kappa shape index (κ3) is 26.7. The number of ether oxygens (including phenoxy) is 1. The summed E-state index contributed by atoms with van der Waals surface area (Å²) in [5, 5.41) is 0. The van der Waals surface area contributed by atoms with Crippen LogP contribution in [0, 0.1) is 5.41 Å². The van der Waals surface area contributed by atoms with E-state index in [0.717, 1.165) is 5.75 Å². The minimum atomic E-state index is 0.428. The summed E-state index contributed by atoms with van der Waals surface area (Å²) in [6.45, 7) is 12.8. The van der Waals surface area contributed by atoms with Crippen LogP contribution in [0.1, 0.15) is 201 Å². The van der Waals surface area contributed by atoms with Crippen molar-refractivity contribution in [1.29, 1.82) is 0 Å². The fourth-order valence-corrected chi connectivity index (χ4v) is 6.36. The van der Waals surface area contributed by atoms with Crippen LogP contribution < -0.4 is 0 Å². The fraction of sp³-hybridized carbons (Fsp3) is 0.946. The van der Waals surface area contributed by atoms with E-state index in [1.165, 1.54) is 173 Å². The maximum absolute atomic E-state index is 6.34. The van der Waals surface area contributed by atoms with Gasteiger partial charge in [-0.15, -0.1) is 6.58 Å². The van der Waals surface area contributed by atoms with Gasteiger partial charge >= 0.3 is 0 Å². The first kappa shape index (κ1) is 41.2. The van der Waals surface area contributed by atoms with Gasteiger partial charge in [-0.3, -0.25) is 0 Å². The zero-order chi connectivity index (χ0) is 29.3. The van der Waals surface area contributed by atoms with Gasteiger partial charge in [0.25, 0.3) is 0 Å². The molecule has 0 amide bonds. The molecule has 0 bridgehead atoms. The molecular formula is C37H76OS. The van der Waals surface area contributed by atoms with Gasteiger partial charge in [-0.1, -0.05) is 181 Å². The molecule has 236 valence electrons. The molecule has 0 heterocycles. The predicted molar refractivity (Wildman–Crippen MR) is 185 cm³/mol. The van der Waals surface area contributed by atoms with Gasteiger partial charge < -0.3 is 4.74 Å². The zero-order valence-corrected chi connectivity index (χ0v) is 28.9. The fourth-order valence-electron chi connectivity index (χ4n) is 6.36. The molecule has 0 aromatic carbocycles. The summed E-state index contributed by atoms with van der Waals surface area (Å²) in [7, 11) is 2.02. The number of hydrogen-bond donors (Lipinski definition) is 1. The van der Waals surface area contributed by atoms with Crippen LogP contribution in [0.25, 0.3) is 0 Å². The molecule has 1 unspecified atom stereocenters. The van der Waals surface area contributed by atoms with E-state index in [0.29, 0.717) is 11.5 Å². The van der Waals surface area contributed by atoms with Gasteiger partial charge in [0.1, 0.15) is 0 Å². The van der Waals surface area contributed by atoms with Gasteiger partial charge in [-0.25, -0.2) is 0 Å². The van der Waals surface area contributed by atoms with E-state index in [-0.39, 0.29) is 0 Å². The number of rotatable bonds is 30. The average Bonchev–Trinajstić information content (AvgIpc) is 2.95. The van der Waals surface area contributed by atoms with Crippen molar-refractivity contribution >= 4 is 12.6 Å². The highest BCUT2D eigenvalue weighted by molar-refractivity contribution is 7.80. The summed E-state index contributed by atoms with van der Waals surface area (Å²) in [6, 6.07) is 0. The maximum Gasteiger partial charge on any atom is 0.0627 e. The second-order valence-corrected chi connectivity index (χ2v) is 12.7. The Balaban J connectivity index is 0. The molecule has 0 aliphatic heterocycles. The van der Waals surface area contributed by atoms with E-state index < -0.39 is 0 Å². The van der Waals surface area contributed by atoms with Crippen LogP contribution in [0.4, 0.5) is 0 Å². The Morgan fingerprint density at radius 3 is 1.18 bits per heavy atom. The summed E-state index contributed by atoms with van der Waals surface area (Å²) in [5.41, 5.74) is 0.428. The van der Waals surface area contributed by atoms with Crippen molar-refractivity contribution in [3.05, 3.63) is 12.7 Å². The van der Waals surface area contributed by atoms with Crippen molar-refractivity contribution in [2.75, 3.05) is 12.9 Å². The largest absolute Gasteiger partial charge is 0.381 e. The van der Waals surface area contributed by atoms with Gasteiger partial charge in [0.15, 0.2) is 0 Å². The molecular weight excluding hydrogens is 492 g/mol. The van der Waals surface area contributed by atoms with Crippen LogP contribution in [-0.2, 0) is 4.74 Å².